The zero-order valence-electron chi connectivity index (χ0n) is 15.2. The highest BCUT2D eigenvalue weighted by Gasteiger charge is 2.08. The van der Waals surface area contributed by atoms with Gasteiger partial charge in [0, 0.05) is 5.75 Å². The molecule has 5 nitrogen and oxygen atoms in total. The van der Waals surface area contributed by atoms with Crippen LogP contribution in [0.15, 0.2) is 79.5 Å². The zero-order chi connectivity index (χ0) is 20.3. The fourth-order valence-corrected chi connectivity index (χ4v) is 5.05. The molecule has 0 saturated heterocycles. The van der Waals surface area contributed by atoms with Crippen molar-refractivity contribution < 1.29 is 4.79 Å². The summed E-state index contributed by atoms with van der Waals surface area (Å²) in [6.07, 6.45) is 3.17. The van der Waals surface area contributed by atoms with Crippen molar-refractivity contribution in [3.05, 3.63) is 76.8 Å². The number of hydrazone groups is 1. The molecule has 0 saturated carbocycles. The lowest BCUT2D eigenvalue weighted by Crippen LogP contribution is -2.19. The fourth-order valence-electron chi connectivity index (χ4n) is 2.10. The number of allylic oxidation sites excluding steroid dienone is 1. The minimum atomic E-state index is -0.232. The van der Waals surface area contributed by atoms with Gasteiger partial charge in [-0.1, -0.05) is 107 Å². The van der Waals surface area contributed by atoms with Crippen LogP contribution in [0.25, 0.3) is 6.08 Å². The summed E-state index contributed by atoms with van der Waals surface area (Å²) in [7, 11) is 0. The minimum absolute atomic E-state index is 0.204. The van der Waals surface area contributed by atoms with E-state index in [2.05, 4.69) is 32.9 Å². The first-order valence-corrected chi connectivity index (χ1v) is 11.7. The third-order valence-electron chi connectivity index (χ3n) is 3.40. The molecule has 9 heteroatoms. The third kappa shape index (κ3) is 8.02. The molecule has 29 heavy (non-hydrogen) atoms. The summed E-state index contributed by atoms with van der Waals surface area (Å²) >= 11 is 10.5. The number of nitrogens with zero attached hydrogens (tertiary/aromatic N) is 3. The third-order valence-corrected chi connectivity index (χ3v) is 6.87. The number of hydrogen-bond donors (Lipinski definition) is 1. The molecule has 1 heterocycles. The first-order valence-electron chi connectivity index (χ1n) is 8.56. The Labute approximate surface area is 186 Å². The van der Waals surface area contributed by atoms with Crippen molar-refractivity contribution in [2.75, 3.05) is 5.75 Å². The Balaban J connectivity index is 1.39. The normalized spacial score (nSPS) is 11.7. The van der Waals surface area contributed by atoms with Crippen LogP contribution >= 0.6 is 46.5 Å². The Morgan fingerprint density at radius 3 is 2.41 bits per heavy atom. The molecule has 0 fully saturated rings. The summed E-state index contributed by atoms with van der Waals surface area (Å²) < 4.78 is 1.63. The SMILES string of the molecule is O=C(CSc1nnc(SCc2ccccc2)s1)N/N=C/C(Cl)=C\c1ccccc1. The van der Waals surface area contributed by atoms with E-state index in [1.807, 2.05) is 48.5 Å². The maximum atomic E-state index is 11.9. The van der Waals surface area contributed by atoms with Crippen LogP contribution in [0, 0.1) is 0 Å². The molecule has 0 aliphatic carbocycles. The van der Waals surface area contributed by atoms with Crippen LogP contribution in [0.5, 0.6) is 0 Å². The molecule has 0 unspecified atom stereocenters. The standard InChI is InChI=1S/C20H17ClN4OS3/c21-17(11-15-7-3-1-4-8-15)12-22-23-18(26)14-28-20-25-24-19(29-20)27-13-16-9-5-2-6-10-16/h1-12H,13-14H2,(H,23,26)/b17-11+,22-12+. The van der Waals surface area contributed by atoms with Gasteiger partial charge in [0.1, 0.15) is 0 Å². The molecule has 0 spiro atoms. The van der Waals surface area contributed by atoms with Crippen LogP contribution in [-0.2, 0) is 10.5 Å². The van der Waals surface area contributed by atoms with Crippen LogP contribution in [0.4, 0.5) is 0 Å². The van der Waals surface area contributed by atoms with E-state index < -0.39 is 0 Å². The quantitative estimate of drug-likeness (QED) is 0.266. The highest BCUT2D eigenvalue weighted by molar-refractivity contribution is 8.03. The van der Waals surface area contributed by atoms with Crippen molar-refractivity contribution in [1.29, 1.82) is 0 Å². The lowest BCUT2D eigenvalue weighted by Gasteiger charge is -1.97. The van der Waals surface area contributed by atoms with Gasteiger partial charge in [-0.25, -0.2) is 5.43 Å². The Bertz CT molecular complexity index is 978. The molecule has 3 rings (SSSR count). The molecule has 0 atom stereocenters. The number of hydrogen-bond acceptors (Lipinski definition) is 7. The van der Waals surface area contributed by atoms with Gasteiger partial charge in [-0.3, -0.25) is 4.79 Å². The number of aromatic nitrogens is 2. The number of carbonyl (C=O) groups is 1. The van der Waals surface area contributed by atoms with Crippen LogP contribution < -0.4 is 5.43 Å². The number of nitrogens with one attached hydrogen (secondary N) is 1. The highest BCUT2D eigenvalue weighted by Crippen LogP contribution is 2.30. The Morgan fingerprint density at radius 2 is 1.69 bits per heavy atom. The number of thioether (sulfide) groups is 2. The molecule has 1 aromatic heterocycles. The predicted octanol–water partition coefficient (Wildman–Crippen LogP) is 5.30. The van der Waals surface area contributed by atoms with E-state index >= 15 is 0 Å². The van der Waals surface area contributed by atoms with E-state index in [-0.39, 0.29) is 11.7 Å². The van der Waals surface area contributed by atoms with Crippen LogP contribution in [0.2, 0.25) is 0 Å². The van der Waals surface area contributed by atoms with Gasteiger partial charge in [0.25, 0.3) is 5.91 Å². The Morgan fingerprint density at radius 1 is 1.03 bits per heavy atom. The molecular formula is C20H17ClN4OS3. The number of halogens is 1. The molecule has 0 radical (unpaired) electrons. The van der Waals surface area contributed by atoms with E-state index in [9.17, 15) is 4.79 Å². The summed E-state index contributed by atoms with van der Waals surface area (Å²) in [5.41, 5.74) is 4.66. The van der Waals surface area contributed by atoms with Gasteiger partial charge >= 0.3 is 0 Å². The van der Waals surface area contributed by atoms with Gasteiger partial charge in [0.05, 0.1) is 17.0 Å². The lowest BCUT2D eigenvalue weighted by molar-refractivity contribution is -0.118. The number of benzene rings is 2. The van der Waals surface area contributed by atoms with Gasteiger partial charge in [0.15, 0.2) is 8.68 Å². The number of amides is 1. The maximum Gasteiger partial charge on any atom is 0.250 e. The first-order chi connectivity index (χ1) is 14.2. The van der Waals surface area contributed by atoms with E-state index in [0.717, 1.165) is 20.0 Å². The average Bonchev–Trinajstić information content (AvgIpc) is 3.20. The lowest BCUT2D eigenvalue weighted by atomic mass is 10.2. The smallest absolute Gasteiger partial charge is 0.250 e. The molecule has 1 amide bonds. The number of rotatable bonds is 9. The van der Waals surface area contributed by atoms with Crippen molar-refractivity contribution in [2.45, 2.75) is 14.4 Å². The van der Waals surface area contributed by atoms with E-state index in [0.29, 0.717) is 5.03 Å². The van der Waals surface area contributed by atoms with Crippen molar-refractivity contribution in [3.63, 3.8) is 0 Å². The van der Waals surface area contributed by atoms with Crippen LogP contribution in [-0.4, -0.2) is 28.1 Å². The van der Waals surface area contributed by atoms with E-state index in [4.69, 9.17) is 11.6 Å². The highest BCUT2D eigenvalue weighted by atomic mass is 35.5. The summed E-state index contributed by atoms with van der Waals surface area (Å²) in [6, 6.07) is 19.8. The Hall–Kier alpha value is -2.13. The van der Waals surface area contributed by atoms with Crippen molar-refractivity contribution in [2.24, 2.45) is 5.10 Å². The van der Waals surface area contributed by atoms with Gasteiger partial charge < -0.3 is 0 Å². The largest absolute Gasteiger partial charge is 0.272 e. The van der Waals surface area contributed by atoms with Gasteiger partial charge in [-0.05, 0) is 17.2 Å². The van der Waals surface area contributed by atoms with Crippen molar-refractivity contribution >= 4 is 64.7 Å². The summed E-state index contributed by atoms with van der Waals surface area (Å²) in [4.78, 5) is 11.9. The Kier molecular flexibility index (Phi) is 8.76. The van der Waals surface area contributed by atoms with E-state index in [1.54, 1.807) is 17.8 Å². The van der Waals surface area contributed by atoms with Crippen LogP contribution in [0.1, 0.15) is 11.1 Å². The molecule has 1 N–H and O–H groups in total. The van der Waals surface area contributed by atoms with Gasteiger partial charge in [0.2, 0.25) is 0 Å². The van der Waals surface area contributed by atoms with Gasteiger partial charge in [-0.2, -0.15) is 5.10 Å². The number of carbonyl (C=O) groups excluding carboxylic acids is 1. The monoisotopic (exact) mass is 460 g/mol. The minimum Gasteiger partial charge on any atom is -0.272 e. The second-order valence-corrected chi connectivity index (χ2v) is 9.49. The molecule has 148 valence electrons. The molecule has 2 aromatic carbocycles. The van der Waals surface area contributed by atoms with E-state index in [1.165, 1.54) is 34.9 Å². The maximum absolute atomic E-state index is 11.9. The van der Waals surface area contributed by atoms with Crippen molar-refractivity contribution in [3.8, 4) is 0 Å². The fraction of sp³-hybridized carbons (Fsp3) is 0.100. The summed E-state index contributed by atoms with van der Waals surface area (Å²) in [6.45, 7) is 0. The topological polar surface area (TPSA) is 67.2 Å². The second kappa shape index (κ2) is 11.8. The van der Waals surface area contributed by atoms with Crippen LogP contribution in [0.3, 0.4) is 0 Å². The molecule has 0 aliphatic rings. The second-order valence-electron chi connectivity index (χ2n) is 5.63. The first kappa shape index (κ1) is 21.6. The molecule has 0 aliphatic heterocycles. The summed E-state index contributed by atoms with van der Waals surface area (Å²) in [5, 5.41) is 12.6. The van der Waals surface area contributed by atoms with Gasteiger partial charge in [-0.15, -0.1) is 10.2 Å². The predicted molar refractivity (Wildman–Crippen MR) is 124 cm³/mol. The zero-order valence-corrected chi connectivity index (χ0v) is 18.4. The molecule has 0 bridgehead atoms. The van der Waals surface area contributed by atoms with Crippen molar-refractivity contribution in [1.82, 2.24) is 15.6 Å². The average molecular weight is 461 g/mol. The summed E-state index contributed by atoms with van der Waals surface area (Å²) in [5.74, 6) is 0.811. The molecule has 3 aromatic rings. The molecular weight excluding hydrogens is 444 g/mol.